The van der Waals surface area contributed by atoms with Crippen LogP contribution in [0.15, 0.2) is 223 Å². The number of Topliss-reactive ketones (excluding diaryl/α,β-unsaturated/α-hetero) is 4. The lowest BCUT2D eigenvalue weighted by Crippen LogP contribution is -2.27. The number of hydrogen-bond acceptors (Lipinski definition) is 9. The van der Waals surface area contributed by atoms with Crippen LogP contribution in [0.25, 0.3) is 98.7 Å². The van der Waals surface area contributed by atoms with Crippen molar-refractivity contribution in [2.24, 2.45) is 0 Å². The largest absolute Gasteiger partial charge is 0.360 e. The molecule has 4 unspecified atom stereocenters. The van der Waals surface area contributed by atoms with E-state index in [2.05, 4.69) is 121 Å². The third-order valence-electron chi connectivity index (χ3n) is 20.6. The molecule has 638 valence electrons. The normalized spacial score (nSPS) is 12.8. The van der Waals surface area contributed by atoms with Gasteiger partial charge in [0.15, 0.2) is 23.1 Å². The quantitative estimate of drug-likeness (QED) is 0.0776. The number of nitrogens with zero attached hydrogens (tertiary/aromatic N) is 1. The van der Waals surface area contributed by atoms with Crippen molar-refractivity contribution >= 4 is 140 Å². The third kappa shape index (κ3) is 24.3. The topological polar surface area (TPSA) is 108 Å². The molecule has 15 heteroatoms. The van der Waals surface area contributed by atoms with E-state index in [1.807, 2.05) is 262 Å². The minimum atomic E-state index is -0.686. The highest BCUT2D eigenvalue weighted by molar-refractivity contribution is 9.10. The lowest BCUT2D eigenvalue weighted by atomic mass is 9.84. The van der Waals surface area contributed by atoms with Gasteiger partial charge in [-0.1, -0.05) is 219 Å². The van der Waals surface area contributed by atoms with Crippen molar-refractivity contribution in [3.63, 3.8) is 0 Å². The summed E-state index contributed by atoms with van der Waals surface area (Å²) in [7, 11) is 4.01. The Kier molecular flexibility index (Phi) is 31.6. The molecule has 13 aromatic rings. The van der Waals surface area contributed by atoms with Crippen molar-refractivity contribution < 1.29 is 38.1 Å². The van der Waals surface area contributed by atoms with E-state index in [-0.39, 0.29) is 23.1 Å². The summed E-state index contributed by atoms with van der Waals surface area (Å²) in [6, 6.07) is 72.4. The van der Waals surface area contributed by atoms with Crippen molar-refractivity contribution in [1.82, 2.24) is 4.90 Å². The lowest BCUT2D eigenvalue weighted by molar-refractivity contribution is -0.139. The summed E-state index contributed by atoms with van der Waals surface area (Å²) in [5, 5.41) is 12.1. The van der Waals surface area contributed by atoms with E-state index < -0.39 is 46.8 Å². The van der Waals surface area contributed by atoms with Gasteiger partial charge in [0.1, 0.15) is 24.4 Å². The summed E-state index contributed by atoms with van der Waals surface area (Å²) in [4.78, 5) is 53.1. The molecule has 9 nitrogen and oxygen atoms in total. The van der Waals surface area contributed by atoms with Gasteiger partial charge in [0.05, 0.1) is 28.9 Å². The molecule has 0 bridgehead atoms. The molecule has 123 heavy (non-hydrogen) atoms. The highest BCUT2D eigenvalue weighted by Gasteiger charge is 2.35. The van der Waals surface area contributed by atoms with Crippen LogP contribution in [-0.2, 0) is 38.1 Å². The van der Waals surface area contributed by atoms with E-state index in [1.165, 1.54) is 10.9 Å². The maximum atomic E-state index is 12.9. The molecule has 0 aliphatic rings. The SMILES string of the molecule is CC(=O)C(OC(C)(C)C)c1c(C)cc2c(-c3ccc(Cl)cc3)cccc2c1-c1ccc(Cl)cc1.CC(=O)C(OC(C)(C)C)c1c(C)cc2c(Br)cccc2c1-c1ccc(Cl)cc1.CC(=O)C(OC(C)(C)C)c1c(C)cc2c(C#CCN(C)C)cccc2c1-c1ccc(Cl)cc1.CC(=O)C(OC(C)(C)C)c1c(C)cc2c(C)cccc2c1-c1ccc(Cl)cc1. The number of aryl methyl sites for hydroxylation is 5. The van der Waals surface area contributed by atoms with E-state index in [0.29, 0.717) is 31.7 Å². The molecule has 0 saturated carbocycles. The van der Waals surface area contributed by atoms with Crippen LogP contribution in [0.2, 0.25) is 25.1 Å². The Bertz CT molecular complexity index is 5970. The average Bonchev–Trinajstić information content (AvgIpc) is 0.751. The molecule has 0 fully saturated rings. The second kappa shape index (κ2) is 40.5. The molecule has 0 aliphatic carbocycles. The van der Waals surface area contributed by atoms with Crippen molar-refractivity contribution in [3.8, 4) is 67.5 Å². The number of carbonyl (C=O) groups is 4. The molecule has 0 radical (unpaired) electrons. The first-order valence-electron chi connectivity index (χ1n) is 41.2. The van der Waals surface area contributed by atoms with Gasteiger partial charge < -0.3 is 18.9 Å². The molecular formula is C108H111BrCl5NO8. The van der Waals surface area contributed by atoms with Crippen molar-refractivity contribution in [3.05, 3.63) is 304 Å². The molecule has 0 saturated heterocycles. The molecule has 0 spiro atoms. The summed E-state index contributed by atoms with van der Waals surface area (Å²) in [5.41, 5.74) is 18.3. The standard InChI is InChI=1S/C30H28Cl2O2.C29H32ClNO2.C25H27ClO2.C24H24BrClO2/c1-18-17-26-24(20-9-13-22(31)14-10-20)7-6-8-25(26)28(21-11-15-23(32)16-12-21)27(18)29(19(2)33)34-30(3,4)5;1-19-18-25-21(11-9-17-31(6)7)10-8-12-24(25)27(22-13-15-23(30)16-14-22)26(19)28(20(2)32)33-29(3,4)5;1-15-8-7-9-20-21(15)14-16(2)22(24(17(3)27)28-25(4,5)6)23(20)18-10-12-19(26)13-11-18;1-14-13-19-18(7-6-8-20(19)25)22(16-9-11-17(26)12-10-16)21(14)23(15(2)27)28-24(3,4)5/h6-17,29H,1-5H3;8,10,12-16,18,28H,17H2,1-7H3;7-14,24H,1-6H3;6-13,23H,1-5H3. The van der Waals surface area contributed by atoms with Crippen LogP contribution in [0.5, 0.6) is 0 Å². The Morgan fingerprint density at radius 1 is 0.325 bits per heavy atom. The Hall–Kier alpha value is -9.13. The van der Waals surface area contributed by atoms with Crippen LogP contribution in [0.3, 0.4) is 0 Å². The summed E-state index contributed by atoms with van der Waals surface area (Å²) < 4.78 is 26.2. The smallest absolute Gasteiger partial charge is 0.163 e. The second-order valence-corrected chi connectivity index (χ2v) is 38.7. The Morgan fingerprint density at radius 2 is 0.585 bits per heavy atom. The van der Waals surface area contributed by atoms with E-state index in [1.54, 1.807) is 27.7 Å². The zero-order valence-electron chi connectivity index (χ0n) is 74.8. The molecule has 4 atom stereocenters. The maximum Gasteiger partial charge on any atom is 0.163 e. The zero-order chi connectivity index (χ0) is 90.2. The van der Waals surface area contributed by atoms with Crippen LogP contribution in [-0.4, -0.2) is 71.1 Å². The van der Waals surface area contributed by atoms with Crippen molar-refractivity contribution in [1.29, 1.82) is 0 Å². The lowest BCUT2D eigenvalue weighted by Gasteiger charge is -2.30. The van der Waals surface area contributed by atoms with Crippen molar-refractivity contribution in [2.75, 3.05) is 20.6 Å². The number of ether oxygens (including phenoxy) is 4. The minimum Gasteiger partial charge on any atom is -0.360 e. The fourth-order valence-electron chi connectivity index (χ4n) is 15.6. The molecule has 0 aliphatic heterocycles. The first-order valence-corrected chi connectivity index (χ1v) is 43.9. The Balaban J connectivity index is 0.000000172. The summed E-state index contributed by atoms with van der Waals surface area (Å²) in [6.45, 7) is 41.0. The second-order valence-electron chi connectivity index (χ2n) is 35.7. The van der Waals surface area contributed by atoms with Gasteiger partial charge in [0.25, 0.3) is 0 Å². The summed E-state index contributed by atoms with van der Waals surface area (Å²) >= 11 is 34.5. The first kappa shape index (κ1) is 96.1. The van der Waals surface area contributed by atoms with Gasteiger partial charge in [-0.05, 0) is 393 Å². The van der Waals surface area contributed by atoms with Crippen LogP contribution in [0.1, 0.15) is 191 Å². The van der Waals surface area contributed by atoms with Gasteiger partial charge in [0.2, 0.25) is 0 Å². The predicted octanol–water partition coefficient (Wildman–Crippen LogP) is 31.0. The fourth-order valence-corrected chi connectivity index (χ4v) is 16.7. The van der Waals surface area contributed by atoms with E-state index in [0.717, 1.165) is 148 Å². The van der Waals surface area contributed by atoms with E-state index >= 15 is 0 Å². The number of hydrogen-bond donors (Lipinski definition) is 0. The summed E-state index contributed by atoms with van der Waals surface area (Å²) in [5.74, 6) is 6.52. The van der Waals surface area contributed by atoms with Crippen LogP contribution in [0, 0.1) is 46.5 Å². The van der Waals surface area contributed by atoms with Gasteiger partial charge in [-0.3, -0.25) is 24.1 Å². The van der Waals surface area contributed by atoms with Gasteiger partial charge in [-0.15, -0.1) is 0 Å². The van der Waals surface area contributed by atoms with Crippen LogP contribution >= 0.6 is 73.9 Å². The highest BCUT2D eigenvalue weighted by Crippen LogP contribution is 2.49. The maximum absolute atomic E-state index is 12.9. The average molecular weight is 1810 g/mol. The third-order valence-corrected chi connectivity index (χ3v) is 22.6. The number of fused-ring (bicyclic) bond motifs is 4. The molecule has 0 amide bonds. The molecule has 0 N–H and O–H groups in total. The number of rotatable bonds is 18. The Labute approximate surface area is 761 Å². The van der Waals surface area contributed by atoms with Crippen LogP contribution in [0.4, 0.5) is 0 Å². The number of benzene rings is 13. The van der Waals surface area contributed by atoms with Gasteiger partial charge >= 0.3 is 0 Å². The molecule has 13 rings (SSSR count). The van der Waals surface area contributed by atoms with Gasteiger partial charge in [-0.25, -0.2) is 0 Å². The molecule has 0 heterocycles. The fraction of sp³-hybridized carbons (Fsp3) is 0.296. The highest BCUT2D eigenvalue weighted by atomic mass is 79.9. The first-order chi connectivity index (χ1) is 57.7. The minimum absolute atomic E-state index is 0.000224. The Morgan fingerprint density at radius 3 is 0.902 bits per heavy atom. The molecule has 0 aromatic heterocycles. The van der Waals surface area contributed by atoms with Gasteiger partial charge in [0, 0.05) is 35.1 Å². The molecule has 13 aromatic carbocycles. The van der Waals surface area contributed by atoms with E-state index in [4.69, 9.17) is 77.0 Å². The summed E-state index contributed by atoms with van der Waals surface area (Å²) in [6.07, 6.45) is -2.64. The number of carbonyl (C=O) groups excluding carboxylic acids is 4. The zero-order valence-corrected chi connectivity index (χ0v) is 80.1. The van der Waals surface area contributed by atoms with Gasteiger partial charge in [-0.2, -0.15) is 0 Å². The number of halogens is 6. The van der Waals surface area contributed by atoms with E-state index in [9.17, 15) is 19.2 Å². The monoisotopic (exact) mass is 1800 g/mol. The number of ketones is 4. The van der Waals surface area contributed by atoms with Crippen LogP contribution < -0.4 is 0 Å². The predicted molar refractivity (Wildman–Crippen MR) is 522 cm³/mol. The van der Waals surface area contributed by atoms with Crippen molar-refractivity contribution in [2.45, 2.75) is 192 Å². The molecular weight excluding hydrogens is 1700 g/mol.